The second kappa shape index (κ2) is 31.8. The summed E-state index contributed by atoms with van der Waals surface area (Å²) in [6.45, 7) is 2.14. The fourth-order valence-electron chi connectivity index (χ4n) is 3.49. The first kappa shape index (κ1) is 46.8. The van der Waals surface area contributed by atoms with Gasteiger partial charge in [0, 0.05) is 75.7 Å². The predicted molar refractivity (Wildman–Crippen MR) is 236 cm³/mol. The maximum atomic E-state index is 12.4. The fraction of sp³-hybridized carbons (Fsp3) is 0.359. The Balaban J connectivity index is -0.0000000446. The first-order chi connectivity index (χ1) is 25.8. The summed E-state index contributed by atoms with van der Waals surface area (Å²) in [6.07, 6.45) is -10.2. The normalized spacial score (nSPS) is 18.2. The van der Waals surface area contributed by atoms with Gasteiger partial charge in [-0.05, 0) is 108 Å². The Bertz CT molecular complexity index is 2080. The summed E-state index contributed by atoms with van der Waals surface area (Å²) in [4.78, 5) is 16.7. The number of hydrogen-bond donors (Lipinski definition) is 6. The minimum Gasteiger partial charge on any atom is -0.692 e. The molecule has 0 spiro atoms. The molecule has 1 amide bonds. The van der Waals surface area contributed by atoms with E-state index in [1.54, 1.807) is 13.8 Å². The number of carbonyl (C=O) groups excluding carboxylic acids is 1. The van der Waals surface area contributed by atoms with Crippen LogP contribution in [0.4, 0.5) is 0 Å². The molecule has 1 rings (SSSR count). The van der Waals surface area contributed by atoms with E-state index < -0.39 is 68.1 Å². The second-order valence-corrected chi connectivity index (χ2v) is 9.22. The first-order valence-electron chi connectivity index (χ1n) is 14.8. The van der Waals surface area contributed by atoms with Gasteiger partial charge in [-0.25, -0.2) is 4.89 Å². The van der Waals surface area contributed by atoms with Gasteiger partial charge in [0.1, 0.15) is 24.4 Å². The third kappa shape index (κ3) is 21.6. The van der Waals surface area contributed by atoms with Crippen LogP contribution < -0.4 is 10.6 Å². The summed E-state index contributed by atoms with van der Waals surface area (Å²) in [7, 11) is 0. The lowest BCUT2D eigenvalue weighted by molar-refractivity contribution is -0.808. The summed E-state index contributed by atoms with van der Waals surface area (Å²) in [5.74, 6) is 57.7. The van der Waals surface area contributed by atoms with Gasteiger partial charge >= 0.3 is 0 Å². The molecule has 53 heavy (non-hydrogen) atoms. The molecule has 6 unspecified atom stereocenters. The monoisotopic (exact) mass is 783 g/mol. The minimum atomic E-state index is -1.78. The molecule has 14 heteroatoms. The zero-order chi connectivity index (χ0) is 39.5. The molecule has 316 valence electrons. The van der Waals surface area contributed by atoms with E-state index in [1.807, 2.05) is 0 Å². The van der Waals surface area contributed by atoms with Crippen LogP contribution in [0.15, 0.2) is 0 Å². The Morgan fingerprint density at radius 2 is 1.23 bits per heavy atom. The van der Waals surface area contributed by atoms with Crippen LogP contribution >= 0.6 is 0 Å². The van der Waals surface area contributed by atoms with E-state index >= 15 is 0 Å². The molecule has 1 aliphatic heterocycles. The van der Waals surface area contributed by atoms with Gasteiger partial charge in [0.25, 0.3) is 5.91 Å². The van der Waals surface area contributed by atoms with Crippen LogP contribution in [0.1, 0.15) is 60.9 Å². The molecular weight excluding hydrogens is 706 g/mol. The van der Waals surface area contributed by atoms with Crippen molar-refractivity contribution in [1.82, 2.24) is 5.32 Å². The van der Waals surface area contributed by atoms with Crippen molar-refractivity contribution in [3.05, 3.63) is 0 Å². The maximum absolute atomic E-state index is 12.4. The van der Waals surface area contributed by atoms with Crippen molar-refractivity contribution in [2.45, 2.75) is 75.6 Å². The van der Waals surface area contributed by atoms with E-state index in [0.29, 0.717) is 6.42 Å². The standard InChI is InChI=1S/C39H29NO11.OS.24H2/c1-3-5-6-7-8-9-10-11-12-13-14-15-16-17-18-19-20-21-22-23-24-25-26-28-34(43)40-31(35(44)32(42)27-4-2)30-48-39-37(46)38(50-51-47)36(45)33(29-41)49-39;1-2;;;;;;;;;;;;;;;;;;;;;;;;/h31-33,35-39,41-42,44-47H,4,27,29-30H2,1-2H3,(H,40,43);;24*1H/p-1/t31-,32+,33?,35?,36?,37?,38?,39?;;;;;;;;;;;;;;;;;;;;;;;;;/m0........................./s1. The highest BCUT2D eigenvalue weighted by Crippen LogP contribution is 2.24. The van der Waals surface area contributed by atoms with Crippen molar-refractivity contribution in [2.24, 2.45) is 0 Å². The van der Waals surface area contributed by atoms with Gasteiger partial charge in [0.2, 0.25) is 0 Å². The predicted octanol–water partition coefficient (Wildman–Crippen LogP) is 1.67. The van der Waals surface area contributed by atoms with Crippen molar-refractivity contribution in [3.8, 4) is 142 Å². The van der Waals surface area contributed by atoms with Crippen LogP contribution in [-0.4, -0.2) is 97.8 Å². The number of rotatable bonds is 11. The summed E-state index contributed by atoms with van der Waals surface area (Å²) < 4.78 is 18.6. The molecule has 0 aliphatic carbocycles. The van der Waals surface area contributed by atoms with Crippen molar-refractivity contribution in [3.63, 3.8) is 0 Å². The number of aliphatic hydroxyl groups excluding tert-OH is 5. The van der Waals surface area contributed by atoms with Crippen LogP contribution in [-0.2, 0) is 36.7 Å². The molecule has 0 aromatic carbocycles. The molecule has 1 heterocycles. The molecular formula is C39H76NO12S-. The van der Waals surface area contributed by atoms with Crippen molar-refractivity contribution >= 4 is 18.4 Å². The van der Waals surface area contributed by atoms with Gasteiger partial charge in [0.05, 0.1) is 25.4 Å². The van der Waals surface area contributed by atoms with E-state index in [0.717, 1.165) is 0 Å². The molecule has 1 aliphatic rings. The summed E-state index contributed by atoms with van der Waals surface area (Å²) in [5.41, 5.74) is 0. The lowest BCUT2D eigenvalue weighted by Gasteiger charge is -2.41. The summed E-state index contributed by atoms with van der Waals surface area (Å²) in [6, 6.07) is -1.28. The number of nitrogens with one attached hydrogen (secondary N) is 1. The van der Waals surface area contributed by atoms with Crippen molar-refractivity contribution in [1.29, 1.82) is 0 Å². The van der Waals surface area contributed by atoms with Crippen LogP contribution in [0.25, 0.3) is 0 Å². The third-order valence-electron chi connectivity index (χ3n) is 5.73. The molecule has 0 bridgehead atoms. The second-order valence-electron chi connectivity index (χ2n) is 9.22. The van der Waals surface area contributed by atoms with Gasteiger partial charge in [0.15, 0.2) is 24.9 Å². The summed E-state index contributed by atoms with van der Waals surface area (Å²) >= 11 is 2.83. The van der Waals surface area contributed by atoms with Crippen LogP contribution in [0.2, 0.25) is 0 Å². The Hall–Kier alpha value is -6.19. The minimum absolute atomic E-state index is 0. The SMILES string of the molecule is CC#CC#CC#CC#CC#CC#CC#CC#CC#CC#CC#CC#CC(=O)N[C@@H](COC1OC(CO)C(O)C(OO[O-])C1O)C(O)[C@H](O)CCC.O=S.[HH].[HH].[HH].[HH].[HH].[HH].[HH].[HH].[HH].[HH].[HH].[HH].[HH].[HH].[HH].[HH].[HH].[HH].[HH].[HH].[HH].[HH].[HH].[HH]. The Morgan fingerprint density at radius 3 is 1.62 bits per heavy atom. The molecule has 13 nitrogen and oxygen atoms in total. The highest BCUT2D eigenvalue weighted by Gasteiger charge is 2.46. The van der Waals surface area contributed by atoms with E-state index in [-0.39, 0.29) is 40.7 Å². The lowest BCUT2D eigenvalue weighted by Crippen LogP contribution is -2.61. The fourth-order valence-corrected chi connectivity index (χ4v) is 3.49. The number of carbonyl (C=O) groups is 1. The first-order valence-corrected chi connectivity index (χ1v) is 15.1. The third-order valence-corrected chi connectivity index (χ3v) is 5.73. The van der Waals surface area contributed by atoms with Gasteiger partial charge in [-0.3, -0.25) is 9.83 Å². The molecule has 6 N–H and O–H groups in total. The molecule has 8 atom stereocenters. The highest BCUT2D eigenvalue weighted by molar-refractivity contribution is 7.44. The van der Waals surface area contributed by atoms with E-state index in [9.17, 15) is 35.6 Å². The number of ether oxygens (including phenoxy) is 2. The van der Waals surface area contributed by atoms with E-state index in [1.165, 1.54) is 0 Å². The zero-order valence-electron chi connectivity index (χ0n) is 27.9. The Labute approximate surface area is 348 Å². The van der Waals surface area contributed by atoms with Gasteiger partial charge in [-0.15, -0.1) is 0 Å². The van der Waals surface area contributed by atoms with Gasteiger partial charge in [-0.1, -0.05) is 19.3 Å². The molecule has 0 aromatic heterocycles. The largest absolute Gasteiger partial charge is 0.692 e. The van der Waals surface area contributed by atoms with Crippen LogP contribution in [0.5, 0.6) is 0 Å². The van der Waals surface area contributed by atoms with Gasteiger partial charge < -0.3 is 45.6 Å². The molecule has 1 fully saturated rings. The average molecular weight is 783 g/mol. The average Bonchev–Trinajstić information content (AvgIpc) is 3.16. The number of hydrogen-bond acceptors (Lipinski definition) is 13. The number of amides is 1. The smallest absolute Gasteiger partial charge is 0.297 e. The molecule has 1 saturated heterocycles. The molecule has 0 saturated carbocycles. The van der Waals surface area contributed by atoms with E-state index in [4.69, 9.17) is 13.7 Å². The summed E-state index contributed by atoms with van der Waals surface area (Å²) in [5, 5.41) is 67.0. The lowest BCUT2D eigenvalue weighted by atomic mass is 9.99. The van der Waals surface area contributed by atoms with E-state index in [2.05, 4.69) is 170 Å². The molecule has 0 radical (unpaired) electrons. The van der Waals surface area contributed by atoms with Crippen molar-refractivity contribution < 1.29 is 93.4 Å². The Kier molecular flexibility index (Phi) is 28.1. The maximum Gasteiger partial charge on any atom is 0.297 e. The van der Waals surface area contributed by atoms with Crippen molar-refractivity contribution in [2.75, 3.05) is 13.2 Å². The number of aliphatic hydroxyl groups is 5. The quantitative estimate of drug-likeness (QED) is 0.100. The Morgan fingerprint density at radius 1 is 0.792 bits per heavy atom. The highest BCUT2D eigenvalue weighted by atomic mass is 32.1. The topological polar surface area (TPSA) is 207 Å². The van der Waals surface area contributed by atoms with Crippen LogP contribution in [0, 0.1) is 142 Å². The van der Waals surface area contributed by atoms with Gasteiger partial charge in [-0.2, -0.15) is 4.21 Å². The zero-order valence-corrected chi connectivity index (χ0v) is 28.8. The molecule has 0 aromatic rings. The van der Waals surface area contributed by atoms with Crippen LogP contribution in [0.3, 0.4) is 0 Å².